The maximum atomic E-state index is 12.0. The smallest absolute Gasteiger partial charge is 0.251 e. The van der Waals surface area contributed by atoms with Crippen LogP contribution < -0.4 is 5.32 Å². The Kier molecular flexibility index (Phi) is 5.12. The monoisotopic (exact) mass is 263 g/mol. The molecule has 0 radical (unpaired) electrons. The minimum absolute atomic E-state index is 0.0707. The Morgan fingerprint density at radius 3 is 2.47 bits per heavy atom. The fourth-order valence-electron chi connectivity index (χ4n) is 1.92. The molecule has 0 aliphatic rings. The van der Waals surface area contributed by atoms with Crippen molar-refractivity contribution in [2.24, 2.45) is 5.41 Å². The molecule has 3 nitrogen and oxygen atoms in total. The molecule has 0 aliphatic carbocycles. The van der Waals surface area contributed by atoms with Gasteiger partial charge in [-0.3, -0.25) is 4.79 Å². The molecule has 0 fully saturated rings. The van der Waals surface area contributed by atoms with Gasteiger partial charge in [0.2, 0.25) is 0 Å². The van der Waals surface area contributed by atoms with Crippen LogP contribution in [-0.2, 0) is 0 Å². The molecule has 0 bridgehead atoms. The number of aryl methyl sites for hydroxylation is 2. The van der Waals surface area contributed by atoms with E-state index in [9.17, 15) is 9.90 Å². The van der Waals surface area contributed by atoms with E-state index < -0.39 is 6.10 Å². The van der Waals surface area contributed by atoms with Crippen LogP contribution >= 0.6 is 0 Å². The van der Waals surface area contributed by atoms with Crippen molar-refractivity contribution in [2.45, 2.75) is 47.1 Å². The fourth-order valence-corrected chi connectivity index (χ4v) is 1.92. The topological polar surface area (TPSA) is 49.3 Å². The second-order valence-electron chi connectivity index (χ2n) is 6.24. The summed E-state index contributed by atoms with van der Waals surface area (Å²) in [6, 6.07) is 5.78. The van der Waals surface area contributed by atoms with E-state index in [4.69, 9.17) is 0 Å². The predicted molar refractivity (Wildman–Crippen MR) is 78.3 cm³/mol. The van der Waals surface area contributed by atoms with Gasteiger partial charge in [-0.15, -0.1) is 0 Å². The van der Waals surface area contributed by atoms with E-state index in [1.165, 1.54) is 0 Å². The van der Waals surface area contributed by atoms with Crippen LogP contribution in [0.1, 0.15) is 48.7 Å². The van der Waals surface area contributed by atoms with Crippen LogP contribution in [0.25, 0.3) is 0 Å². The Hall–Kier alpha value is -1.35. The fraction of sp³-hybridized carbons (Fsp3) is 0.562. The van der Waals surface area contributed by atoms with Gasteiger partial charge in [-0.2, -0.15) is 0 Å². The highest BCUT2D eigenvalue weighted by atomic mass is 16.3. The lowest BCUT2D eigenvalue weighted by Crippen LogP contribution is -2.32. The van der Waals surface area contributed by atoms with E-state index in [1.54, 1.807) is 0 Å². The number of benzene rings is 1. The van der Waals surface area contributed by atoms with Gasteiger partial charge in [0, 0.05) is 12.1 Å². The summed E-state index contributed by atoms with van der Waals surface area (Å²) in [5, 5.41) is 12.8. The van der Waals surface area contributed by atoms with Gasteiger partial charge >= 0.3 is 0 Å². The molecule has 0 aromatic heterocycles. The standard InChI is InChI=1S/C16H25NO2/c1-11-6-7-13(12(2)10-11)15(19)17-9-8-14(18)16(3,4)5/h6-7,10,14,18H,8-9H2,1-5H3,(H,17,19). The summed E-state index contributed by atoms with van der Waals surface area (Å²) in [6.45, 7) is 10.4. The second-order valence-corrected chi connectivity index (χ2v) is 6.24. The molecule has 0 spiro atoms. The molecule has 1 rings (SSSR count). The van der Waals surface area contributed by atoms with Gasteiger partial charge in [-0.1, -0.05) is 38.5 Å². The van der Waals surface area contributed by atoms with Crippen molar-refractivity contribution in [1.29, 1.82) is 0 Å². The highest BCUT2D eigenvalue weighted by molar-refractivity contribution is 5.95. The third-order valence-electron chi connectivity index (χ3n) is 3.33. The van der Waals surface area contributed by atoms with Gasteiger partial charge in [0.1, 0.15) is 0 Å². The Morgan fingerprint density at radius 1 is 1.32 bits per heavy atom. The molecular weight excluding hydrogens is 238 g/mol. The summed E-state index contributed by atoms with van der Waals surface area (Å²) in [5.74, 6) is -0.0707. The van der Waals surface area contributed by atoms with Crippen LogP contribution in [0.3, 0.4) is 0 Å². The van der Waals surface area contributed by atoms with Crippen molar-refractivity contribution in [1.82, 2.24) is 5.32 Å². The summed E-state index contributed by atoms with van der Waals surface area (Å²) in [5.41, 5.74) is 2.69. The van der Waals surface area contributed by atoms with Gasteiger partial charge < -0.3 is 10.4 Å². The highest BCUT2D eigenvalue weighted by Crippen LogP contribution is 2.21. The zero-order valence-electron chi connectivity index (χ0n) is 12.6. The lowest BCUT2D eigenvalue weighted by Gasteiger charge is -2.25. The summed E-state index contributed by atoms with van der Waals surface area (Å²) in [6.07, 6.45) is 0.159. The first-order valence-corrected chi connectivity index (χ1v) is 6.75. The lowest BCUT2D eigenvalue weighted by molar-refractivity contribution is 0.0551. The minimum atomic E-state index is -0.410. The molecule has 0 saturated carbocycles. The Balaban J connectivity index is 2.52. The zero-order chi connectivity index (χ0) is 14.6. The molecular formula is C16H25NO2. The third kappa shape index (κ3) is 4.67. The van der Waals surface area contributed by atoms with Crippen LogP contribution in [0.5, 0.6) is 0 Å². The third-order valence-corrected chi connectivity index (χ3v) is 3.33. The first-order chi connectivity index (χ1) is 8.71. The molecule has 0 aliphatic heterocycles. The van der Waals surface area contributed by atoms with Crippen LogP contribution in [0.2, 0.25) is 0 Å². The zero-order valence-corrected chi connectivity index (χ0v) is 12.6. The Bertz CT molecular complexity index is 447. The number of aliphatic hydroxyl groups is 1. The summed E-state index contributed by atoms with van der Waals surface area (Å²) < 4.78 is 0. The second kappa shape index (κ2) is 6.20. The summed E-state index contributed by atoms with van der Waals surface area (Å²) in [7, 11) is 0. The highest BCUT2D eigenvalue weighted by Gasteiger charge is 2.21. The average Bonchev–Trinajstić information content (AvgIpc) is 2.27. The van der Waals surface area contributed by atoms with Crippen molar-refractivity contribution >= 4 is 5.91 Å². The number of rotatable bonds is 4. The quantitative estimate of drug-likeness (QED) is 0.877. The predicted octanol–water partition coefficient (Wildman–Crippen LogP) is 2.83. The molecule has 19 heavy (non-hydrogen) atoms. The molecule has 1 aromatic rings. The number of nitrogens with one attached hydrogen (secondary N) is 1. The lowest BCUT2D eigenvalue weighted by atomic mass is 9.87. The first-order valence-electron chi connectivity index (χ1n) is 6.75. The molecule has 106 valence electrons. The van der Waals surface area contributed by atoms with Gasteiger partial charge in [0.25, 0.3) is 5.91 Å². The first kappa shape index (κ1) is 15.7. The van der Waals surface area contributed by atoms with Gasteiger partial charge in [0.15, 0.2) is 0 Å². The van der Waals surface area contributed by atoms with E-state index in [0.29, 0.717) is 18.5 Å². The molecule has 1 amide bonds. The Labute approximate surface area is 116 Å². The summed E-state index contributed by atoms with van der Waals surface area (Å²) >= 11 is 0. The molecule has 0 saturated heterocycles. The number of carbonyl (C=O) groups excluding carboxylic acids is 1. The van der Waals surface area contributed by atoms with Crippen molar-refractivity contribution in [2.75, 3.05) is 6.54 Å². The van der Waals surface area contributed by atoms with E-state index >= 15 is 0 Å². The van der Waals surface area contributed by atoms with Crippen molar-refractivity contribution in [3.8, 4) is 0 Å². The van der Waals surface area contributed by atoms with Crippen LogP contribution in [0.15, 0.2) is 18.2 Å². The van der Waals surface area contributed by atoms with Gasteiger partial charge in [-0.05, 0) is 37.3 Å². The molecule has 1 atom stereocenters. The normalized spacial score (nSPS) is 13.2. The Morgan fingerprint density at radius 2 is 1.95 bits per heavy atom. The van der Waals surface area contributed by atoms with Gasteiger partial charge in [-0.25, -0.2) is 0 Å². The average molecular weight is 263 g/mol. The number of amides is 1. The van der Waals surface area contributed by atoms with E-state index in [2.05, 4.69) is 5.32 Å². The number of carbonyl (C=O) groups is 1. The van der Waals surface area contributed by atoms with Crippen molar-refractivity contribution in [3.05, 3.63) is 34.9 Å². The minimum Gasteiger partial charge on any atom is -0.393 e. The van der Waals surface area contributed by atoms with Crippen LogP contribution in [-0.4, -0.2) is 23.7 Å². The van der Waals surface area contributed by atoms with Crippen LogP contribution in [0, 0.1) is 19.3 Å². The summed E-state index contributed by atoms with van der Waals surface area (Å²) in [4.78, 5) is 12.0. The maximum absolute atomic E-state index is 12.0. The van der Waals surface area contributed by atoms with Crippen molar-refractivity contribution < 1.29 is 9.90 Å². The SMILES string of the molecule is Cc1ccc(C(=O)NCCC(O)C(C)(C)C)c(C)c1. The molecule has 1 unspecified atom stereocenters. The number of hydrogen-bond acceptors (Lipinski definition) is 2. The largest absolute Gasteiger partial charge is 0.393 e. The maximum Gasteiger partial charge on any atom is 0.251 e. The number of aliphatic hydroxyl groups excluding tert-OH is 1. The number of hydrogen-bond donors (Lipinski definition) is 2. The van der Waals surface area contributed by atoms with Crippen molar-refractivity contribution in [3.63, 3.8) is 0 Å². The molecule has 1 aromatic carbocycles. The van der Waals surface area contributed by atoms with E-state index in [-0.39, 0.29) is 11.3 Å². The molecule has 3 heteroatoms. The molecule has 0 heterocycles. The van der Waals surface area contributed by atoms with E-state index in [1.807, 2.05) is 52.8 Å². The van der Waals surface area contributed by atoms with Crippen LogP contribution in [0.4, 0.5) is 0 Å². The molecule has 2 N–H and O–H groups in total. The van der Waals surface area contributed by atoms with E-state index in [0.717, 1.165) is 11.1 Å². The van der Waals surface area contributed by atoms with Gasteiger partial charge in [0.05, 0.1) is 6.10 Å².